The van der Waals surface area contributed by atoms with Crippen molar-refractivity contribution in [3.05, 3.63) is 52.1 Å². The maximum atomic E-state index is 15.3. The van der Waals surface area contributed by atoms with E-state index in [4.69, 9.17) is 21.1 Å². The molecule has 9 nitrogen and oxygen atoms in total. The van der Waals surface area contributed by atoms with Crippen LogP contribution in [0.3, 0.4) is 0 Å². The van der Waals surface area contributed by atoms with Crippen LogP contribution in [-0.2, 0) is 9.47 Å². The van der Waals surface area contributed by atoms with Gasteiger partial charge in [0.15, 0.2) is 17.4 Å². The number of aryl methyl sites for hydroxylation is 2. The van der Waals surface area contributed by atoms with Gasteiger partial charge < -0.3 is 25.0 Å². The van der Waals surface area contributed by atoms with Gasteiger partial charge >= 0.3 is 0 Å². The van der Waals surface area contributed by atoms with Crippen LogP contribution in [0.15, 0.2) is 24.4 Å². The number of halogens is 2. The Bertz CT molecular complexity index is 1310. The smallest absolute Gasteiger partial charge is 0.229 e. The average Bonchev–Trinajstić information content (AvgIpc) is 3.57. The van der Waals surface area contributed by atoms with E-state index in [1.54, 1.807) is 6.07 Å². The van der Waals surface area contributed by atoms with Crippen molar-refractivity contribution in [2.75, 3.05) is 36.9 Å². The van der Waals surface area contributed by atoms with Crippen LogP contribution < -0.4 is 10.6 Å². The van der Waals surface area contributed by atoms with Crippen LogP contribution in [0.5, 0.6) is 0 Å². The molecule has 1 saturated carbocycles. The van der Waals surface area contributed by atoms with Gasteiger partial charge in [-0.3, -0.25) is 5.10 Å². The molecule has 4 heterocycles. The van der Waals surface area contributed by atoms with Crippen LogP contribution in [0.25, 0.3) is 0 Å². The number of rotatable bonds is 6. The van der Waals surface area contributed by atoms with Gasteiger partial charge in [0, 0.05) is 30.6 Å². The quantitative estimate of drug-likeness (QED) is 0.342. The van der Waals surface area contributed by atoms with Crippen molar-refractivity contribution in [1.82, 2.24) is 25.1 Å². The summed E-state index contributed by atoms with van der Waals surface area (Å²) < 4.78 is 27.1. The van der Waals surface area contributed by atoms with E-state index < -0.39 is 0 Å². The monoisotopic (exact) mass is 555 g/mol. The summed E-state index contributed by atoms with van der Waals surface area (Å²) in [6, 6.07) is 5.95. The second-order valence-electron chi connectivity index (χ2n) is 10.9. The molecule has 0 radical (unpaired) electrons. The molecule has 0 bridgehead atoms. The van der Waals surface area contributed by atoms with Crippen LogP contribution in [0.4, 0.5) is 27.7 Å². The first-order chi connectivity index (χ1) is 18.9. The molecule has 6 rings (SSSR count). The number of hydrogen-bond donors (Lipinski definition) is 3. The van der Waals surface area contributed by atoms with Gasteiger partial charge in [0.25, 0.3) is 0 Å². The molecule has 3 N–H and O–H groups in total. The van der Waals surface area contributed by atoms with Crippen LogP contribution in [0.1, 0.15) is 61.3 Å². The minimum Gasteiger partial charge on any atom is -0.348 e. The molecular weight excluding hydrogens is 521 g/mol. The highest BCUT2D eigenvalue weighted by Crippen LogP contribution is 2.40. The number of aromatic nitrogens is 4. The van der Waals surface area contributed by atoms with Crippen LogP contribution in [0, 0.1) is 19.7 Å². The highest BCUT2D eigenvalue weighted by atomic mass is 35.5. The zero-order valence-electron chi connectivity index (χ0n) is 22.4. The average molecular weight is 556 g/mol. The lowest BCUT2D eigenvalue weighted by atomic mass is 9.83. The number of nitrogens with one attached hydrogen (secondary N) is 3. The molecule has 3 aromatic rings. The fourth-order valence-electron chi connectivity index (χ4n) is 6.24. The summed E-state index contributed by atoms with van der Waals surface area (Å²) >= 11 is 6.27. The third-order valence-corrected chi connectivity index (χ3v) is 8.59. The first-order valence-corrected chi connectivity index (χ1v) is 14.2. The molecule has 1 aliphatic carbocycles. The Hall–Kier alpha value is -2.79. The normalized spacial score (nSPS) is 20.5. The fraction of sp³-hybridized carbons (Fsp3) is 0.536. The molecular formula is C28H35ClFN7O2. The summed E-state index contributed by atoms with van der Waals surface area (Å²) in [7, 11) is 0. The summed E-state index contributed by atoms with van der Waals surface area (Å²) in [5.41, 5.74) is 3.39. The Balaban J connectivity index is 1.08. The third kappa shape index (κ3) is 5.75. The number of nitrogens with zero attached hydrogens (tertiary/aromatic N) is 4. The van der Waals surface area contributed by atoms with Crippen LogP contribution in [0.2, 0.25) is 5.02 Å². The molecule has 1 spiro atoms. The number of benzene rings is 1. The second kappa shape index (κ2) is 11.0. The van der Waals surface area contributed by atoms with Gasteiger partial charge in [-0.25, -0.2) is 9.37 Å². The number of likely N-dealkylation sites (tertiary alicyclic amines) is 1. The Labute approximate surface area is 232 Å². The maximum absolute atomic E-state index is 15.3. The van der Waals surface area contributed by atoms with Crippen molar-refractivity contribution in [2.24, 2.45) is 0 Å². The lowest BCUT2D eigenvalue weighted by Crippen LogP contribution is -2.46. The van der Waals surface area contributed by atoms with Gasteiger partial charge in [-0.2, -0.15) is 10.1 Å². The van der Waals surface area contributed by atoms with Gasteiger partial charge in [0.05, 0.1) is 25.1 Å². The molecule has 2 saturated heterocycles. The molecule has 1 aromatic carbocycles. The molecule has 3 fully saturated rings. The molecule has 11 heteroatoms. The molecule has 3 aliphatic rings. The number of anilines is 4. The van der Waals surface area contributed by atoms with Crippen molar-refractivity contribution in [3.63, 3.8) is 0 Å². The first kappa shape index (κ1) is 26.4. The number of ether oxygens (including phenoxy) is 2. The predicted octanol–water partition coefficient (Wildman–Crippen LogP) is 5.96. The summed E-state index contributed by atoms with van der Waals surface area (Å²) in [6.45, 7) is 7.46. The highest BCUT2D eigenvalue weighted by molar-refractivity contribution is 6.32. The maximum Gasteiger partial charge on any atom is 0.229 e. The SMILES string of the molecule is Cc1cc(Nc2nc(Nc3cc(C)c(C4CCN(C5CCC6(CC5)OCCO6)CC4)cc3F)ncc2Cl)n[nH]1. The first-order valence-electron chi connectivity index (χ1n) is 13.8. The van der Waals surface area contributed by atoms with E-state index >= 15 is 4.39 Å². The second-order valence-corrected chi connectivity index (χ2v) is 11.3. The molecule has 0 amide bonds. The van der Waals surface area contributed by atoms with Gasteiger partial charge in [-0.1, -0.05) is 11.6 Å². The number of H-pyrrole nitrogens is 1. The largest absolute Gasteiger partial charge is 0.348 e. The van der Waals surface area contributed by atoms with Crippen molar-refractivity contribution < 1.29 is 13.9 Å². The molecule has 39 heavy (non-hydrogen) atoms. The lowest BCUT2D eigenvalue weighted by molar-refractivity contribution is -0.184. The molecule has 2 aliphatic heterocycles. The van der Waals surface area contributed by atoms with E-state index in [0.717, 1.165) is 81.6 Å². The van der Waals surface area contributed by atoms with Gasteiger partial charge in [-0.15, -0.1) is 0 Å². The third-order valence-electron chi connectivity index (χ3n) is 8.31. The summed E-state index contributed by atoms with van der Waals surface area (Å²) in [5, 5.41) is 13.4. The topological polar surface area (TPSA) is 100 Å². The van der Waals surface area contributed by atoms with Crippen molar-refractivity contribution >= 4 is 34.9 Å². The Morgan fingerprint density at radius 3 is 2.49 bits per heavy atom. The Morgan fingerprint density at radius 1 is 1.05 bits per heavy atom. The number of piperidine rings is 1. The number of aromatic amines is 1. The zero-order valence-corrected chi connectivity index (χ0v) is 23.2. The zero-order chi connectivity index (χ0) is 27.0. The standard InChI is InChI=1S/C28H35ClFN7O2/c1-17-13-24(32-27-31-16-22(29)26(34-27)33-25-14-18(2)35-36-25)23(30)15-21(17)19-5-9-37(10-6-19)20-3-7-28(8-4-20)38-11-12-39-28/h13-16,19-20H,3-12H2,1-2H3,(H3,31,32,33,34,35,36). The summed E-state index contributed by atoms with van der Waals surface area (Å²) in [6.07, 6.45) is 7.73. The van der Waals surface area contributed by atoms with E-state index in [9.17, 15) is 0 Å². The molecule has 0 atom stereocenters. The molecule has 2 aromatic heterocycles. The minimum absolute atomic E-state index is 0.246. The minimum atomic E-state index is -0.317. The van der Waals surface area contributed by atoms with Crippen LogP contribution in [-0.4, -0.2) is 63.2 Å². The Kier molecular flexibility index (Phi) is 7.45. The Morgan fingerprint density at radius 2 is 1.79 bits per heavy atom. The fourth-order valence-corrected chi connectivity index (χ4v) is 6.38. The van der Waals surface area contributed by atoms with E-state index in [-0.39, 0.29) is 17.6 Å². The van der Waals surface area contributed by atoms with Crippen LogP contribution >= 0.6 is 11.6 Å². The van der Waals surface area contributed by atoms with Gasteiger partial charge in [0.2, 0.25) is 5.95 Å². The molecule has 208 valence electrons. The van der Waals surface area contributed by atoms with E-state index in [2.05, 4.69) is 35.7 Å². The van der Waals surface area contributed by atoms with E-state index in [0.29, 0.717) is 34.3 Å². The van der Waals surface area contributed by atoms with E-state index in [1.165, 1.54) is 6.20 Å². The van der Waals surface area contributed by atoms with Crippen molar-refractivity contribution in [3.8, 4) is 0 Å². The lowest BCUT2D eigenvalue weighted by Gasteiger charge is -2.43. The summed E-state index contributed by atoms with van der Waals surface area (Å²) in [4.78, 5) is 11.3. The molecule has 0 unspecified atom stereocenters. The van der Waals surface area contributed by atoms with Gasteiger partial charge in [-0.05, 0) is 81.8 Å². The predicted molar refractivity (Wildman–Crippen MR) is 149 cm³/mol. The van der Waals surface area contributed by atoms with Crippen molar-refractivity contribution in [1.29, 1.82) is 0 Å². The highest BCUT2D eigenvalue weighted by Gasteiger charge is 2.42. The van der Waals surface area contributed by atoms with Crippen molar-refractivity contribution in [2.45, 2.75) is 70.1 Å². The van der Waals surface area contributed by atoms with E-state index in [1.807, 2.05) is 26.0 Å². The number of hydrogen-bond acceptors (Lipinski definition) is 8. The summed E-state index contributed by atoms with van der Waals surface area (Å²) in [5.74, 6) is 0.936. The van der Waals surface area contributed by atoms with Gasteiger partial charge in [0.1, 0.15) is 10.8 Å².